The van der Waals surface area contributed by atoms with Crippen molar-refractivity contribution in [2.24, 2.45) is 0 Å². The van der Waals surface area contributed by atoms with Gasteiger partial charge in [-0.25, -0.2) is 4.79 Å². The Morgan fingerprint density at radius 1 is 1.24 bits per heavy atom. The van der Waals surface area contributed by atoms with Gasteiger partial charge in [0.25, 0.3) is 0 Å². The fourth-order valence-corrected chi connectivity index (χ4v) is 2.44. The van der Waals surface area contributed by atoms with Crippen LogP contribution in [0, 0.1) is 0 Å². The number of hydrogen-bond acceptors (Lipinski definition) is 5. The predicted octanol–water partition coefficient (Wildman–Crippen LogP) is 2.45. The van der Waals surface area contributed by atoms with E-state index >= 15 is 0 Å². The van der Waals surface area contributed by atoms with Crippen molar-refractivity contribution in [1.82, 2.24) is 10.3 Å². The van der Waals surface area contributed by atoms with E-state index in [-0.39, 0.29) is 0 Å². The highest BCUT2D eigenvalue weighted by atomic mass is 16.7. The van der Waals surface area contributed by atoms with Gasteiger partial charge >= 0.3 is 13.2 Å². The quantitative estimate of drug-likeness (QED) is 0.847. The fourth-order valence-electron chi connectivity index (χ4n) is 2.44. The number of amides is 1. The maximum absolute atomic E-state index is 11.8. The van der Waals surface area contributed by atoms with E-state index in [1.54, 1.807) is 6.20 Å². The summed E-state index contributed by atoms with van der Waals surface area (Å²) in [4.78, 5) is 16.2. The first-order valence-electron chi connectivity index (χ1n) is 8.67. The molecule has 0 saturated carbocycles. The van der Waals surface area contributed by atoms with Gasteiger partial charge < -0.3 is 19.4 Å². The molecule has 1 aromatic rings. The van der Waals surface area contributed by atoms with E-state index in [4.69, 9.17) is 14.0 Å². The molecule has 1 aliphatic heterocycles. The molecule has 0 aromatic carbocycles. The molecule has 138 valence electrons. The van der Waals surface area contributed by atoms with Gasteiger partial charge in [0.15, 0.2) is 0 Å². The Morgan fingerprint density at radius 2 is 1.84 bits per heavy atom. The molecule has 2 heterocycles. The average Bonchev–Trinajstić information content (AvgIpc) is 2.66. The number of nitrogens with one attached hydrogen (secondary N) is 1. The molecule has 6 nitrogen and oxygen atoms in total. The van der Waals surface area contributed by atoms with Crippen molar-refractivity contribution >= 4 is 18.7 Å². The molecule has 1 aromatic heterocycles. The number of pyridine rings is 1. The summed E-state index contributed by atoms with van der Waals surface area (Å²) in [5.74, 6) is 0. The van der Waals surface area contributed by atoms with E-state index < -0.39 is 30.0 Å². The molecule has 1 saturated heterocycles. The highest BCUT2D eigenvalue weighted by molar-refractivity contribution is 6.62. The van der Waals surface area contributed by atoms with Gasteiger partial charge in [-0.3, -0.25) is 4.98 Å². The SMILES string of the molecule is CC(C)(C)OC(=O)NCCc1ncccc1B1OC(C)(C)C(C)(C)O1. The molecule has 1 amide bonds. The van der Waals surface area contributed by atoms with Gasteiger partial charge in [0.2, 0.25) is 0 Å². The largest absolute Gasteiger partial charge is 0.496 e. The number of ether oxygens (including phenoxy) is 1. The summed E-state index contributed by atoms with van der Waals surface area (Å²) in [5, 5.41) is 2.76. The van der Waals surface area contributed by atoms with Crippen LogP contribution in [0.4, 0.5) is 4.79 Å². The van der Waals surface area contributed by atoms with E-state index in [1.807, 2.05) is 60.6 Å². The zero-order chi connectivity index (χ0) is 18.9. The Hall–Kier alpha value is -1.60. The topological polar surface area (TPSA) is 69.7 Å². The van der Waals surface area contributed by atoms with Crippen LogP contribution < -0.4 is 10.8 Å². The zero-order valence-electron chi connectivity index (χ0n) is 16.3. The van der Waals surface area contributed by atoms with E-state index in [2.05, 4.69) is 10.3 Å². The molecule has 1 fully saturated rings. The third kappa shape index (κ3) is 4.95. The number of nitrogens with zero attached hydrogens (tertiary/aromatic N) is 1. The summed E-state index contributed by atoms with van der Waals surface area (Å²) in [5.41, 5.74) is 0.423. The van der Waals surface area contributed by atoms with Crippen LogP contribution in [0.25, 0.3) is 0 Å². The zero-order valence-corrected chi connectivity index (χ0v) is 16.3. The third-order valence-corrected chi connectivity index (χ3v) is 4.46. The lowest BCUT2D eigenvalue weighted by atomic mass is 9.77. The van der Waals surface area contributed by atoms with Gasteiger partial charge in [0.05, 0.1) is 11.2 Å². The van der Waals surface area contributed by atoms with Crippen LogP contribution in [0.1, 0.15) is 54.2 Å². The van der Waals surface area contributed by atoms with Crippen LogP contribution in [0.3, 0.4) is 0 Å². The lowest BCUT2D eigenvalue weighted by molar-refractivity contribution is 0.00578. The minimum absolute atomic E-state index is 0.403. The Labute approximate surface area is 150 Å². The first-order chi connectivity index (χ1) is 11.4. The van der Waals surface area contributed by atoms with Crippen molar-refractivity contribution in [1.29, 1.82) is 0 Å². The normalized spacial score (nSPS) is 18.9. The van der Waals surface area contributed by atoms with E-state index in [0.717, 1.165) is 11.2 Å². The number of rotatable bonds is 4. The van der Waals surface area contributed by atoms with Gasteiger partial charge in [-0.2, -0.15) is 0 Å². The van der Waals surface area contributed by atoms with Crippen LogP contribution in [-0.2, 0) is 20.5 Å². The van der Waals surface area contributed by atoms with Crippen LogP contribution >= 0.6 is 0 Å². The van der Waals surface area contributed by atoms with Crippen molar-refractivity contribution < 1.29 is 18.8 Å². The summed E-state index contributed by atoms with van der Waals surface area (Å²) in [6.07, 6.45) is 1.87. The molecular weight excluding hydrogens is 319 g/mol. The van der Waals surface area contributed by atoms with Crippen LogP contribution in [0.15, 0.2) is 18.3 Å². The molecule has 1 aliphatic rings. The number of aromatic nitrogens is 1. The fraction of sp³-hybridized carbons (Fsp3) is 0.667. The minimum Gasteiger partial charge on any atom is -0.444 e. The molecule has 0 radical (unpaired) electrons. The van der Waals surface area contributed by atoms with Crippen LogP contribution in [0.2, 0.25) is 0 Å². The molecule has 7 heteroatoms. The minimum atomic E-state index is -0.511. The maximum Gasteiger partial charge on any atom is 0.496 e. The highest BCUT2D eigenvalue weighted by Gasteiger charge is 2.52. The van der Waals surface area contributed by atoms with Crippen molar-refractivity contribution in [3.63, 3.8) is 0 Å². The predicted molar refractivity (Wildman–Crippen MR) is 97.9 cm³/mol. The Bertz CT molecular complexity index is 610. The van der Waals surface area contributed by atoms with Crippen molar-refractivity contribution in [2.75, 3.05) is 6.54 Å². The molecule has 2 rings (SSSR count). The molecular formula is C18H29BN2O4. The number of carbonyl (C=O) groups is 1. The summed E-state index contributed by atoms with van der Waals surface area (Å²) < 4.78 is 17.5. The summed E-state index contributed by atoms with van der Waals surface area (Å²) in [7, 11) is -0.463. The Kier molecular flexibility index (Phi) is 5.49. The summed E-state index contributed by atoms with van der Waals surface area (Å²) >= 11 is 0. The standard InChI is InChI=1S/C18H29BN2O4/c1-16(2,3)23-15(22)21-12-10-14-13(9-8-11-20-14)19-24-17(4,5)18(6,7)25-19/h8-9,11H,10,12H2,1-7H3,(H,21,22). The number of hydrogen-bond donors (Lipinski definition) is 1. The Balaban J connectivity index is 2.01. The van der Waals surface area contributed by atoms with Gasteiger partial charge in [-0.05, 0) is 54.5 Å². The Morgan fingerprint density at radius 3 is 2.40 bits per heavy atom. The lowest BCUT2D eigenvalue weighted by Crippen LogP contribution is -2.41. The second-order valence-electron chi connectivity index (χ2n) is 8.31. The molecule has 0 unspecified atom stereocenters. The van der Waals surface area contributed by atoms with Gasteiger partial charge in [-0.15, -0.1) is 0 Å². The summed E-state index contributed by atoms with van der Waals surface area (Å²) in [6.45, 7) is 14.0. The number of carbonyl (C=O) groups excluding carboxylic acids is 1. The second kappa shape index (κ2) is 6.96. The summed E-state index contributed by atoms with van der Waals surface area (Å²) in [6, 6.07) is 3.82. The van der Waals surface area contributed by atoms with Crippen molar-refractivity contribution in [2.45, 2.75) is 71.7 Å². The first-order valence-corrected chi connectivity index (χ1v) is 8.67. The average molecular weight is 348 g/mol. The molecule has 0 atom stereocenters. The van der Waals surface area contributed by atoms with Gasteiger partial charge in [0.1, 0.15) is 5.60 Å². The highest BCUT2D eigenvalue weighted by Crippen LogP contribution is 2.36. The van der Waals surface area contributed by atoms with Crippen molar-refractivity contribution in [3.05, 3.63) is 24.0 Å². The first kappa shape index (κ1) is 19.7. The van der Waals surface area contributed by atoms with E-state index in [9.17, 15) is 4.79 Å². The van der Waals surface area contributed by atoms with E-state index in [0.29, 0.717) is 13.0 Å². The van der Waals surface area contributed by atoms with Crippen LogP contribution in [-0.4, -0.2) is 41.5 Å². The third-order valence-electron chi connectivity index (χ3n) is 4.46. The molecule has 0 bridgehead atoms. The molecule has 25 heavy (non-hydrogen) atoms. The molecule has 1 N–H and O–H groups in total. The van der Waals surface area contributed by atoms with Crippen molar-refractivity contribution in [3.8, 4) is 0 Å². The van der Waals surface area contributed by atoms with Gasteiger partial charge in [0, 0.05) is 30.3 Å². The second-order valence-corrected chi connectivity index (χ2v) is 8.31. The number of alkyl carbamates (subject to hydrolysis) is 1. The monoisotopic (exact) mass is 348 g/mol. The molecule has 0 spiro atoms. The maximum atomic E-state index is 11.8. The molecule has 0 aliphatic carbocycles. The van der Waals surface area contributed by atoms with Gasteiger partial charge in [-0.1, -0.05) is 6.07 Å². The lowest BCUT2D eigenvalue weighted by Gasteiger charge is -2.32. The van der Waals surface area contributed by atoms with Crippen LogP contribution in [0.5, 0.6) is 0 Å². The smallest absolute Gasteiger partial charge is 0.444 e. The van der Waals surface area contributed by atoms with E-state index in [1.165, 1.54) is 0 Å².